The van der Waals surface area contributed by atoms with Gasteiger partial charge in [0.05, 0.1) is 30.3 Å². The number of piperazine rings is 1. The third-order valence-corrected chi connectivity index (χ3v) is 7.66. The highest BCUT2D eigenvalue weighted by Gasteiger charge is 2.40. The highest BCUT2D eigenvalue weighted by atomic mass is 32.2. The second-order valence-electron chi connectivity index (χ2n) is 9.18. The third-order valence-electron chi connectivity index (χ3n) is 6.42. The summed E-state index contributed by atoms with van der Waals surface area (Å²) in [6, 6.07) is 2.78. The maximum atomic E-state index is 14.9. The van der Waals surface area contributed by atoms with Gasteiger partial charge in [-0.05, 0) is 25.1 Å². The lowest BCUT2D eigenvalue weighted by molar-refractivity contribution is -0.137. The van der Waals surface area contributed by atoms with Crippen molar-refractivity contribution in [1.82, 2.24) is 14.9 Å². The molecular formula is C25H23F5N4O2S. The lowest BCUT2D eigenvalue weighted by atomic mass is 9.95. The van der Waals surface area contributed by atoms with Crippen molar-refractivity contribution >= 4 is 28.5 Å². The van der Waals surface area contributed by atoms with Crippen molar-refractivity contribution < 1.29 is 26.7 Å². The van der Waals surface area contributed by atoms with Crippen LogP contribution < -0.4 is 15.9 Å². The molecule has 0 bridgehead atoms. The van der Waals surface area contributed by atoms with Gasteiger partial charge in [-0.15, -0.1) is 11.8 Å². The van der Waals surface area contributed by atoms with E-state index in [0.29, 0.717) is 18.3 Å². The number of aromatic nitrogens is 2. The van der Waals surface area contributed by atoms with Crippen LogP contribution in [0.5, 0.6) is 0 Å². The van der Waals surface area contributed by atoms with Crippen LogP contribution >= 0.6 is 11.8 Å². The van der Waals surface area contributed by atoms with E-state index in [0.717, 1.165) is 30.0 Å². The van der Waals surface area contributed by atoms with Crippen molar-refractivity contribution in [3.05, 3.63) is 64.2 Å². The summed E-state index contributed by atoms with van der Waals surface area (Å²) in [5.41, 5.74) is -1.71. The second kappa shape index (κ2) is 9.32. The molecular weight excluding hydrogens is 515 g/mol. The highest BCUT2D eigenvalue weighted by Crippen LogP contribution is 2.50. The van der Waals surface area contributed by atoms with Crippen LogP contribution in [-0.2, 0) is 10.9 Å². The van der Waals surface area contributed by atoms with Crippen molar-refractivity contribution in [3.63, 3.8) is 0 Å². The van der Waals surface area contributed by atoms with Gasteiger partial charge in [0.2, 0.25) is 0 Å². The minimum Gasteiger partial charge on any atom is -0.383 e. The van der Waals surface area contributed by atoms with Crippen LogP contribution in [0.15, 0.2) is 46.2 Å². The zero-order valence-electron chi connectivity index (χ0n) is 20.0. The topological polar surface area (TPSA) is 59.4 Å². The van der Waals surface area contributed by atoms with E-state index in [9.17, 15) is 26.7 Å². The third kappa shape index (κ3) is 4.46. The number of ether oxygens (including phenoxy) is 1. The predicted octanol–water partition coefficient (Wildman–Crippen LogP) is 4.97. The van der Waals surface area contributed by atoms with Crippen LogP contribution in [0.2, 0.25) is 0 Å². The molecule has 37 heavy (non-hydrogen) atoms. The molecule has 1 fully saturated rings. The van der Waals surface area contributed by atoms with Gasteiger partial charge < -0.3 is 15.0 Å². The van der Waals surface area contributed by atoms with E-state index in [1.165, 1.54) is 11.7 Å². The second-order valence-corrected chi connectivity index (χ2v) is 10.2. The Labute approximate surface area is 213 Å². The number of rotatable bonds is 4. The van der Waals surface area contributed by atoms with Crippen molar-refractivity contribution in [1.29, 1.82) is 0 Å². The fraction of sp³-hybridized carbons (Fsp3) is 0.360. The fourth-order valence-electron chi connectivity index (χ4n) is 5.06. The van der Waals surface area contributed by atoms with E-state index in [4.69, 9.17) is 4.74 Å². The first-order valence-electron chi connectivity index (χ1n) is 11.5. The summed E-state index contributed by atoms with van der Waals surface area (Å²) >= 11 is 1.08. The van der Waals surface area contributed by atoms with Crippen molar-refractivity contribution in [2.45, 2.75) is 30.1 Å². The SMILES string of the molecule is C=C1CN(c2nc(=O)n3c4c(c(-c5ccc(F)cc5F)c(C(F)(F)F)cc24)SC[C@@H]3COC)C[C@H](C)N1. The molecule has 2 atom stereocenters. The van der Waals surface area contributed by atoms with E-state index in [1.54, 1.807) is 4.90 Å². The molecule has 6 nitrogen and oxygen atoms in total. The van der Waals surface area contributed by atoms with E-state index in [2.05, 4.69) is 16.9 Å². The summed E-state index contributed by atoms with van der Waals surface area (Å²) in [5, 5.41) is 3.28. The van der Waals surface area contributed by atoms with Crippen LogP contribution in [0.1, 0.15) is 18.5 Å². The largest absolute Gasteiger partial charge is 0.417 e. The van der Waals surface area contributed by atoms with Gasteiger partial charge in [0, 0.05) is 58.6 Å². The molecule has 3 aromatic rings. The van der Waals surface area contributed by atoms with Gasteiger partial charge in [-0.25, -0.2) is 13.6 Å². The Hall–Kier alpha value is -3.12. The van der Waals surface area contributed by atoms with Crippen LogP contribution in [0, 0.1) is 11.6 Å². The highest BCUT2D eigenvalue weighted by molar-refractivity contribution is 7.99. The van der Waals surface area contributed by atoms with Gasteiger partial charge in [0.15, 0.2) is 0 Å². The Balaban J connectivity index is 1.91. The van der Waals surface area contributed by atoms with Crippen molar-refractivity contribution in [2.24, 2.45) is 0 Å². The van der Waals surface area contributed by atoms with Crippen LogP contribution in [0.3, 0.4) is 0 Å². The van der Waals surface area contributed by atoms with Gasteiger partial charge in [-0.1, -0.05) is 6.58 Å². The number of alkyl halides is 3. The predicted molar refractivity (Wildman–Crippen MR) is 132 cm³/mol. The number of nitrogens with zero attached hydrogens (tertiary/aromatic N) is 3. The number of nitrogens with one attached hydrogen (secondary N) is 1. The standard InChI is InChI=1S/C25H23F5N4O2S/c1-12-8-33(9-13(2)31-12)23-17-7-18(25(28,29)30)20(16-5-4-14(26)6-19(16)27)22-21(17)34(24(35)32-23)15(10-36-3)11-37-22/h4-7,13,15,31H,1,8-11H2,2-3H3/t13-,15-/m0/s1. The number of benzene rings is 2. The number of anilines is 1. The smallest absolute Gasteiger partial charge is 0.383 e. The number of thioether (sulfide) groups is 1. The van der Waals surface area contributed by atoms with Crippen LogP contribution in [0.25, 0.3) is 22.0 Å². The van der Waals surface area contributed by atoms with Crippen molar-refractivity contribution in [2.75, 3.05) is 37.5 Å². The fourth-order valence-corrected chi connectivity index (χ4v) is 6.37. The number of hydrogen-bond acceptors (Lipinski definition) is 6. The zero-order chi connectivity index (χ0) is 26.6. The minimum absolute atomic E-state index is 0.0850. The zero-order valence-corrected chi connectivity index (χ0v) is 20.8. The molecule has 0 amide bonds. The maximum absolute atomic E-state index is 14.9. The number of halogens is 5. The number of hydrogen-bond donors (Lipinski definition) is 1. The molecule has 2 aromatic carbocycles. The molecule has 5 rings (SSSR count). The molecule has 0 unspecified atom stereocenters. The Bertz CT molecular complexity index is 1470. The van der Waals surface area contributed by atoms with Gasteiger partial charge in [-0.2, -0.15) is 18.2 Å². The van der Waals surface area contributed by atoms with Crippen molar-refractivity contribution in [3.8, 4) is 11.1 Å². The molecule has 1 N–H and O–H groups in total. The molecule has 3 heterocycles. The van der Waals surface area contributed by atoms with Crippen LogP contribution in [0.4, 0.5) is 27.8 Å². The average molecular weight is 539 g/mol. The summed E-state index contributed by atoms with van der Waals surface area (Å²) in [6.45, 7) is 6.57. The monoisotopic (exact) mass is 538 g/mol. The Morgan fingerprint density at radius 2 is 2.03 bits per heavy atom. The summed E-state index contributed by atoms with van der Waals surface area (Å²) < 4.78 is 78.8. The molecule has 0 spiro atoms. The molecule has 0 radical (unpaired) electrons. The van der Waals surface area contributed by atoms with Gasteiger partial charge >= 0.3 is 11.9 Å². The van der Waals surface area contributed by atoms with E-state index < -0.39 is 46.2 Å². The van der Waals surface area contributed by atoms with Crippen LogP contribution in [-0.4, -0.2) is 48.2 Å². The number of methoxy groups -OCH3 is 1. The van der Waals surface area contributed by atoms with Gasteiger partial charge in [0.1, 0.15) is 17.5 Å². The molecule has 12 heteroatoms. The molecule has 2 aliphatic rings. The van der Waals surface area contributed by atoms with E-state index >= 15 is 0 Å². The molecule has 1 aromatic heterocycles. The quantitative estimate of drug-likeness (QED) is 0.474. The lowest BCUT2D eigenvalue weighted by Gasteiger charge is -2.36. The Kier molecular flexibility index (Phi) is 6.43. The normalized spacial score (nSPS) is 19.9. The molecule has 0 aliphatic carbocycles. The minimum atomic E-state index is -4.87. The summed E-state index contributed by atoms with van der Waals surface area (Å²) in [6.07, 6.45) is -4.87. The summed E-state index contributed by atoms with van der Waals surface area (Å²) in [7, 11) is 1.46. The first-order chi connectivity index (χ1) is 17.5. The van der Waals surface area contributed by atoms with E-state index in [-0.39, 0.29) is 46.6 Å². The molecule has 0 saturated carbocycles. The lowest BCUT2D eigenvalue weighted by Crippen LogP contribution is -2.48. The van der Waals surface area contributed by atoms with E-state index in [1.807, 2.05) is 6.92 Å². The molecule has 196 valence electrons. The first-order valence-corrected chi connectivity index (χ1v) is 12.4. The van der Waals surface area contributed by atoms with Gasteiger partial charge in [0.25, 0.3) is 0 Å². The van der Waals surface area contributed by atoms with Gasteiger partial charge in [-0.3, -0.25) is 4.57 Å². The maximum Gasteiger partial charge on any atom is 0.417 e. The molecule has 2 aliphatic heterocycles. The Morgan fingerprint density at radius 1 is 1.27 bits per heavy atom. The Morgan fingerprint density at radius 3 is 2.68 bits per heavy atom. The summed E-state index contributed by atoms with van der Waals surface area (Å²) in [5.74, 6) is -1.73. The molecule has 1 saturated heterocycles. The average Bonchev–Trinajstić information content (AvgIpc) is 2.80. The summed E-state index contributed by atoms with van der Waals surface area (Å²) in [4.78, 5) is 19.4. The first kappa shape index (κ1) is 25.5.